The molecule has 1 aromatic rings. The van der Waals surface area contributed by atoms with Crippen LogP contribution in [0.5, 0.6) is 0 Å². The summed E-state index contributed by atoms with van der Waals surface area (Å²) in [6, 6.07) is 8.96. The van der Waals surface area contributed by atoms with Crippen LogP contribution in [0.3, 0.4) is 0 Å². The lowest BCUT2D eigenvalue weighted by Gasteiger charge is -2.62. The fourth-order valence-corrected chi connectivity index (χ4v) is 3.79. The molecule has 18 heavy (non-hydrogen) atoms. The van der Waals surface area contributed by atoms with Gasteiger partial charge in [0.05, 0.1) is 0 Å². The highest BCUT2D eigenvalue weighted by Crippen LogP contribution is 2.65. The van der Waals surface area contributed by atoms with Gasteiger partial charge in [-0.3, -0.25) is 0 Å². The first-order chi connectivity index (χ1) is 8.66. The van der Waals surface area contributed by atoms with Crippen molar-refractivity contribution in [1.29, 1.82) is 0 Å². The van der Waals surface area contributed by atoms with Gasteiger partial charge >= 0.3 is 6.09 Å². The molecule has 4 aliphatic rings. The lowest BCUT2D eigenvalue weighted by atomic mass is 9.42. The molecule has 0 radical (unpaired) electrons. The highest BCUT2D eigenvalue weighted by atomic mass is 16.4. The Morgan fingerprint density at radius 3 is 2.22 bits per heavy atom. The maximum atomic E-state index is 10.7. The number of carbonyl (C=O) groups is 1. The Balaban J connectivity index is 1.46. The van der Waals surface area contributed by atoms with Gasteiger partial charge < -0.3 is 10.0 Å². The maximum Gasteiger partial charge on any atom is 0.407 e. The molecule has 3 heteroatoms. The number of rotatable bonds is 2. The molecular weight excluding hydrogens is 226 g/mol. The Kier molecular flexibility index (Phi) is 1.90. The zero-order valence-electron chi connectivity index (χ0n) is 10.3. The first-order valence-electron chi connectivity index (χ1n) is 6.75. The molecule has 3 nitrogen and oxygen atoms in total. The number of hydrogen-bond donors (Lipinski definition) is 1. The molecule has 1 N–H and O–H groups in total. The second-order valence-corrected chi connectivity index (χ2v) is 6.27. The molecule has 1 saturated heterocycles. The largest absolute Gasteiger partial charge is 0.465 e. The lowest BCUT2D eigenvalue weighted by molar-refractivity contribution is -0.0274. The summed E-state index contributed by atoms with van der Waals surface area (Å²) in [5, 5.41) is 8.82. The standard InChI is InChI=1S/C15H17NO2/c17-14(18)16-8-12(9-16)11-1-3-13(4-2-11)15-5-10(6-15)7-15/h1-4,10,12H,5-9H2,(H,17,18). The number of likely N-dealkylation sites (tertiary alicyclic amines) is 1. The van der Waals surface area contributed by atoms with Crippen LogP contribution in [0.2, 0.25) is 0 Å². The zero-order valence-corrected chi connectivity index (χ0v) is 10.3. The van der Waals surface area contributed by atoms with Crippen molar-refractivity contribution in [3.05, 3.63) is 35.4 Å². The highest BCUT2D eigenvalue weighted by Gasteiger charge is 2.57. The lowest BCUT2D eigenvalue weighted by Crippen LogP contribution is -2.55. The number of hydrogen-bond acceptors (Lipinski definition) is 1. The normalized spacial score (nSPS) is 33.3. The number of amides is 1. The van der Waals surface area contributed by atoms with E-state index in [9.17, 15) is 4.79 Å². The summed E-state index contributed by atoms with van der Waals surface area (Å²) in [4.78, 5) is 12.2. The third-order valence-corrected chi connectivity index (χ3v) is 5.18. The van der Waals surface area contributed by atoms with E-state index in [1.807, 2.05) is 0 Å². The molecule has 0 unspecified atom stereocenters. The molecule has 3 aliphatic carbocycles. The van der Waals surface area contributed by atoms with Crippen molar-refractivity contribution in [3.8, 4) is 0 Å². The smallest absolute Gasteiger partial charge is 0.407 e. The van der Waals surface area contributed by atoms with E-state index in [0.717, 1.165) is 5.92 Å². The van der Waals surface area contributed by atoms with Crippen molar-refractivity contribution in [3.63, 3.8) is 0 Å². The highest BCUT2D eigenvalue weighted by molar-refractivity contribution is 5.66. The third kappa shape index (κ3) is 1.27. The summed E-state index contributed by atoms with van der Waals surface area (Å²) >= 11 is 0. The number of nitrogens with zero attached hydrogens (tertiary/aromatic N) is 1. The van der Waals surface area contributed by atoms with Gasteiger partial charge in [0.25, 0.3) is 0 Å². The van der Waals surface area contributed by atoms with E-state index in [0.29, 0.717) is 24.4 Å². The predicted molar refractivity (Wildman–Crippen MR) is 67.8 cm³/mol. The van der Waals surface area contributed by atoms with E-state index >= 15 is 0 Å². The van der Waals surface area contributed by atoms with Crippen LogP contribution >= 0.6 is 0 Å². The Morgan fingerprint density at radius 2 is 1.78 bits per heavy atom. The SMILES string of the molecule is O=C(O)N1CC(c2ccc(C34CC(C3)C4)cc2)C1. The fourth-order valence-electron chi connectivity index (χ4n) is 3.79. The molecule has 2 bridgehead atoms. The van der Waals surface area contributed by atoms with Crippen LogP contribution in [0.1, 0.15) is 36.3 Å². The molecule has 1 amide bonds. The van der Waals surface area contributed by atoms with Gasteiger partial charge in [-0.15, -0.1) is 0 Å². The molecule has 1 heterocycles. The van der Waals surface area contributed by atoms with Crippen LogP contribution in [0.4, 0.5) is 4.79 Å². The minimum absolute atomic E-state index is 0.406. The third-order valence-electron chi connectivity index (χ3n) is 5.18. The van der Waals surface area contributed by atoms with Gasteiger partial charge in [-0.05, 0) is 41.7 Å². The van der Waals surface area contributed by atoms with Crippen molar-refractivity contribution >= 4 is 6.09 Å². The second kappa shape index (κ2) is 3.28. The van der Waals surface area contributed by atoms with Gasteiger partial charge in [0.2, 0.25) is 0 Å². The van der Waals surface area contributed by atoms with Crippen molar-refractivity contribution in [1.82, 2.24) is 4.90 Å². The van der Waals surface area contributed by atoms with E-state index in [-0.39, 0.29) is 0 Å². The zero-order chi connectivity index (χ0) is 12.3. The molecular formula is C15H17NO2. The van der Waals surface area contributed by atoms with E-state index in [4.69, 9.17) is 5.11 Å². The Hall–Kier alpha value is -1.51. The minimum Gasteiger partial charge on any atom is -0.465 e. The Morgan fingerprint density at radius 1 is 1.17 bits per heavy atom. The number of carboxylic acid groups (broad SMARTS) is 1. The average molecular weight is 243 g/mol. The van der Waals surface area contributed by atoms with Gasteiger partial charge in [-0.2, -0.15) is 0 Å². The fraction of sp³-hybridized carbons (Fsp3) is 0.533. The predicted octanol–water partition coefficient (Wildman–Crippen LogP) is 2.82. The molecule has 1 aliphatic heterocycles. The van der Waals surface area contributed by atoms with Gasteiger partial charge in [0.15, 0.2) is 0 Å². The summed E-state index contributed by atoms with van der Waals surface area (Å²) in [6.45, 7) is 1.31. The first-order valence-corrected chi connectivity index (χ1v) is 6.75. The van der Waals surface area contributed by atoms with Crippen molar-refractivity contribution in [2.45, 2.75) is 30.6 Å². The summed E-state index contributed by atoms with van der Waals surface area (Å²) in [6.07, 6.45) is 3.38. The molecule has 0 aromatic heterocycles. The molecule has 5 rings (SSSR count). The number of benzene rings is 1. The average Bonchev–Trinajstić information content (AvgIpc) is 2.12. The monoisotopic (exact) mass is 243 g/mol. The van der Waals surface area contributed by atoms with Crippen molar-refractivity contribution < 1.29 is 9.90 Å². The molecule has 1 aromatic carbocycles. The first kappa shape index (κ1) is 10.4. The van der Waals surface area contributed by atoms with Crippen LogP contribution in [0.15, 0.2) is 24.3 Å². The van der Waals surface area contributed by atoms with Crippen molar-refractivity contribution in [2.75, 3.05) is 13.1 Å². The summed E-state index contributed by atoms with van der Waals surface area (Å²) in [5.74, 6) is 1.42. The second-order valence-electron chi connectivity index (χ2n) is 6.27. The van der Waals surface area contributed by atoms with Gasteiger partial charge in [-0.25, -0.2) is 4.79 Å². The minimum atomic E-state index is -0.795. The summed E-state index contributed by atoms with van der Waals surface area (Å²) in [7, 11) is 0. The van der Waals surface area contributed by atoms with E-state index in [1.54, 1.807) is 0 Å². The van der Waals surface area contributed by atoms with Crippen LogP contribution in [-0.4, -0.2) is 29.2 Å². The molecule has 0 atom stereocenters. The Labute approximate surface area is 106 Å². The molecule has 0 spiro atoms. The van der Waals surface area contributed by atoms with Crippen molar-refractivity contribution in [2.24, 2.45) is 5.92 Å². The topological polar surface area (TPSA) is 40.5 Å². The molecule has 3 saturated carbocycles. The van der Waals surface area contributed by atoms with E-state index in [2.05, 4.69) is 24.3 Å². The summed E-state index contributed by atoms with van der Waals surface area (Å²) < 4.78 is 0. The van der Waals surface area contributed by atoms with Crippen LogP contribution in [-0.2, 0) is 5.41 Å². The quantitative estimate of drug-likeness (QED) is 0.867. The summed E-state index contributed by atoms with van der Waals surface area (Å²) in [5.41, 5.74) is 3.33. The maximum absolute atomic E-state index is 10.7. The van der Waals surface area contributed by atoms with Crippen LogP contribution in [0.25, 0.3) is 0 Å². The van der Waals surface area contributed by atoms with E-state index in [1.165, 1.54) is 35.3 Å². The van der Waals surface area contributed by atoms with Gasteiger partial charge in [-0.1, -0.05) is 24.3 Å². The molecule has 4 fully saturated rings. The van der Waals surface area contributed by atoms with Gasteiger partial charge in [0.1, 0.15) is 0 Å². The van der Waals surface area contributed by atoms with Crippen LogP contribution < -0.4 is 0 Å². The van der Waals surface area contributed by atoms with Crippen LogP contribution in [0, 0.1) is 5.92 Å². The molecule has 94 valence electrons. The van der Waals surface area contributed by atoms with Gasteiger partial charge in [0, 0.05) is 19.0 Å². The van der Waals surface area contributed by atoms with E-state index < -0.39 is 6.09 Å². The Bertz CT molecular complexity index is 485.